The van der Waals surface area contributed by atoms with Gasteiger partial charge in [0.05, 0.1) is 6.61 Å². The van der Waals surface area contributed by atoms with E-state index in [1.54, 1.807) is 11.9 Å². The zero-order valence-electron chi connectivity index (χ0n) is 16.2. The first-order chi connectivity index (χ1) is 13.0. The lowest BCUT2D eigenvalue weighted by molar-refractivity contribution is -0.130. The second kappa shape index (κ2) is 9.06. The Morgan fingerprint density at radius 3 is 2.93 bits per heavy atom. The number of halogens is 1. The van der Waals surface area contributed by atoms with E-state index in [4.69, 9.17) is 4.74 Å². The van der Waals surface area contributed by atoms with Crippen molar-refractivity contribution in [3.63, 3.8) is 0 Å². The van der Waals surface area contributed by atoms with Crippen molar-refractivity contribution in [3.8, 4) is 0 Å². The first-order valence-corrected chi connectivity index (χ1v) is 10.3. The molecule has 2 heterocycles. The number of hydrogen-bond acceptors (Lipinski definition) is 3. The molecule has 6 nitrogen and oxygen atoms in total. The number of ether oxygens (including phenoxy) is 1. The number of nitrogens with zero attached hydrogens (tertiary/aromatic N) is 3. The normalized spacial score (nSPS) is 22.5. The Balaban J connectivity index is 1.44. The first kappa shape index (κ1) is 20.1. The van der Waals surface area contributed by atoms with Gasteiger partial charge < -0.3 is 19.9 Å². The van der Waals surface area contributed by atoms with Crippen LogP contribution in [0.2, 0.25) is 0 Å². The van der Waals surface area contributed by atoms with E-state index in [1.807, 2.05) is 31.3 Å². The summed E-state index contributed by atoms with van der Waals surface area (Å²) in [5, 5.41) is 3.36. The molecule has 3 rings (SSSR count). The fourth-order valence-corrected chi connectivity index (χ4v) is 4.27. The summed E-state index contributed by atoms with van der Waals surface area (Å²) in [4.78, 5) is 20.9. The molecule has 2 saturated heterocycles. The minimum absolute atomic E-state index is 0.121. The molecule has 1 amide bonds. The number of likely N-dealkylation sites (tertiary alicyclic amines) is 1. The fraction of sp³-hybridized carbons (Fsp3) is 0.600. The van der Waals surface area contributed by atoms with E-state index in [-0.39, 0.29) is 5.91 Å². The number of rotatable bonds is 5. The summed E-state index contributed by atoms with van der Waals surface area (Å²) in [5.74, 6) is 1.01. The first-order valence-electron chi connectivity index (χ1n) is 9.54. The number of carbonyl (C=O) groups excluding carboxylic acids is 1. The summed E-state index contributed by atoms with van der Waals surface area (Å²) in [5.41, 5.74) is 1.41. The van der Waals surface area contributed by atoms with Gasteiger partial charge in [-0.05, 0) is 24.5 Å². The standard InChI is InChI=1S/C20H29BrN4O2/c1-22-19(25-11-8-20(14-25)9-12-27-15-20)23-10-7-18(26)24(2)13-16-5-3-4-6-17(16)21/h3-6H,7-15H2,1-2H3,(H,22,23). The predicted octanol–water partition coefficient (Wildman–Crippen LogP) is 2.49. The Labute approximate surface area is 170 Å². The molecule has 2 aliphatic heterocycles. The molecule has 0 bridgehead atoms. The van der Waals surface area contributed by atoms with E-state index >= 15 is 0 Å². The van der Waals surface area contributed by atoms with Crippen molar-refractivity contribution in [2.45, 2.75) is 25.8 Å². The molecule has 1 spiro atoms. The molecular formula is C20H29BrN4O2. The Bertz CT molecular complexity index is 688. The fourth-order valence-electron chi connectivity index (χ4n) is 3.86. The van der Waals surface area contributed by atoms with Gasteiger partial charge in [-0.1, -0.05) is 34.1 Å². The third-order valence-corrected chi connectivity index (χ3v) is 6.32. The van der Waals surface area contributed by atoms with Gasteiger partial charge in [-0.2, -0.15) is 0 Å². The van der Waals surface area contributed by atoms with Crippen LogP contribution in [0.15, 0.2) is 33.7 Å². The zero-order chi connectivity index (χ0) is 19.3. The van der Waals surface area contributed by atoms with Gasteiger partial charge in [0, 0.05) is 63.2 Å². The molecule has 1 atom stereocenters. The van der Waals surface area contributed by atoms with Crippen LogP contribution in [0.4, 0.5) is 0 Å². The summed E-state index contributed by atoms with van der Waals surface area (Å²) in [6.07, 6.45) is 2.74. The van der Waals surface area contributed by atoms with Gasteiger partial charge in [0.25, 0.3) is 0 Å². The molecule has 1 aromatic rings. The van der Waals surface area contributed by atoms with E-state index in [0.717, 1.165) is 55.1 Å². The van der Waals surface area contributed by atoms with E-state index in [2.05, 4.69) is 31.1 Å². The van der Waals surface area contributed by atoms with Gasteiger partial charge >= 0.3 is 0 Å². The molecule has 1 N–H and O–H groups in total. The molecule has 7 heteroatoms. The summed E-state index contributed by atoms with van der Waals surface area (Å²) < 4.78 is 6.63. The Kier molecular flexibility index (Phi) is 6.76. The van der Waals surface area contributed by atoms with Crippen molar-refractivity contribution in [3.05, 3.63) is 34.3 Å². The van der Waals surface area contributed by atoms with Crippen LogP contribution in [0.1, 0.15) is 24.8 Å². The third kappa shape index (κ3) is 5.02. The van der Waals surface area contributed by atoms with Crippen LogP contribution in [-0.4, -0.2) is 68.6 Å². The van der Waals surface area contributed by atoms with Crippen LogP contribution in [0.25, 0.3) is 0 Å². The van der Waals surface area contributed by atoms with Gasteiger partial charge in [-0.3, -0.25) is 9.79 Å². The van der Waals surface area contributed by atoms with Crippen LogP contribution in [0, 0.1) is 5.41 Å². The number of aliphatic imine (C=N–C) groups is 1. The van der Waals surface area contributed by atoms with Gasteiger partial charge in [0.15, 0.2) is 5.96 Å². The number of guanidine groups is 1. The zero-order valence-corrected chi connectivity index (χ0v) is 17.8. The predicted molar refractivity (Wildman–Crippen MR) is 111 cm³/mol. The molecular weight excluding hydrogens is 408 g/mol. The van der Waals surface area contributed by atoms with E-state index in [0.29, 0.717) is 24.9 Å². The summed E-state index contributed by atoms with van der Waals surface area (Å²) >= 11 is 3.54. The summed E-state index contributed by atoms with van der Waals surface area (Å²) in [6, 6.07) is 7.99. The molecule has 0 aromatic heterocycles. The molecule has 0 aliphatic carbocycles. The Morgan fingerprint density at radius 1 is 1.41 bits per heavy atom. The van der Waals surface area contributed by atoms with Crippen molar-refractivity contribution in [1.82, 2.24) is 15.1 Å². The number of nitrogens with one attached hydrogen (secondary N) is 1. The van der Waals surface area contributed by atoms with Crippen LogP contribution in [-0.2, 0) is 16.1 Å². The maximum atomic E-state index is 12.5. The van der Waals surface area contributed by atoms with Crippen molar-refractivity contribution in [2.24, 2.45) is 10.4 Å². The van der Waals surface area contributed by atoms with Gasteiger partial charge in [-0.15, -0.1) is 0 Å². The lowest BCUT2D eigenvalue weighted by atomic mass is 9.87. The van der Waals surface area contributed by atoms with E-state index in [9.17, 15) is 4.79 Å². The quantitative estimate of drug-likeness (QED) is 0.568. The second-order valence-electron chi connectivity index (χ2n) is 7.54. The summed E-state index contributed by atoms with van der Waals surface area (Å²) in [6.45, 7) is 4.91. The molecule has 0 radical (unpaired) electrons. The highest BCUT2D eigenvalue weighted by molar-refractivity contribution is 9.10. The summed E-state index contributed by atoms with van der Waals surface area (Å²) in [7, 11) is 3.65. The van der Waals surface area contributed by atoms with Crippen molar-refractivity contribution in [2.75, 3.05) is 46.9 Å². The van der Waals surface area contributed by atoms with Crippen LogP contribution >= 0.6 is 15.9 Å². The Morgan fingerprint density at radius 2 is 2.22 bits per heavy atom. The molecule has 0 saturated carbocycles. The second-order valence-corrected chi connectivity index (χ2v) is 8.39. The topological polar surface area (TPSA) is 57.2 Å². The largest absolute Gasteiger partial charge is 0.381 e. The lowest BCUT2D eigenvalue weighted by Crippen LogP contribution is -2.42. The minimum Gasteiger partial charge on any atom is -0.381 e. The van der Waals surface area contributed by atoms with E-state index < -0.39 is 0 Å². The third-order valence-electron chi connectivity index (χ3n) is 5.55. The molecule has 1 unspecified atom stereocenters. The van der Waals surface area contributed by atoms with Gasteiger partial charge in [0.2, 0.25) is 5.91 Å². The minimum atomic E-state index is 0.121. The van der Waals surface area contributed by atoms with Crippen molar-refractivity contribution in [1.29, 1.82) is 0 Å². The van der Waals surface area contributed by atoms with E-state index in [1.165, 1.54) is 0 Å². The van der Waals surface area contributed by atoms with Crippen LogP contribution < -0.4 is 5.32 Å². The average Bonchev–Trinajstić information content (AvgIpc) is 3.30. The van der Waals surface area contributed by atoms with Crippen molar-refractivity contribution >= 4 is 27.8 Å². The smallest absolute Gasteiger partial charge is 0.224 e. The van der Waals surface area contributed by atoms with Crippen LogP contribution in [0.5, 0.6) is 0 Å². The SMILES string of the molecule is CN=C(NCCC(=O)N(C)Cc1ccccc1Br)N1CCC2(CCOC2)C1. The molecule has 2 aliphatic rings. The van der Waals surface area contributed by atoms with Crippen molar-refractivity contribution < 1.29 is 9.53 Å². The molecule has 1 aromatic carbocycles. The maximum Gasteiger partial charge on any atom is 0.224 e. The molecule has 148 valence electrons. The highest BCUT2D eigenvalue weighted by atomic mass is 79.9. The van der Waals surface area contributed by atoms with Gasteiger partial charge in [-0.25, -0.2) is 0 Å². The number of carbonyl (C=O) groups is 1. The lowest BCUT2D eigenvalue weighted by Gasteiger charge is -2.25. The highest BCUT2D eigenvalue weighted by Gasteiger charge is 2.42. The number of amides is 1. The molecule has 2 fully saturated rings. The molecule has 27 heavy (non-hydrogen) atoms. The van der Waals surface area contributed by atoms with Gasteiger partial charge in [0.1, 0.15) is 0 Å². The number of benzene rings is 1. The highest BCUT2D eigenvalue weighted by Crippen LogP contribution is 2.38. The monoisotopic (exact) mass is 436 g/mol. The Hall–Kier alpha value is -1.60. The average molecular weight is 437 g/mol. The maximum absolute atomic E-state index is 12.5. The van der Waals surface area contributed by atoms with Crippen LogP contribution in [0.3, 0.4) is 0 Å². The number of hydrogen-bond donors (Lipinski definition) is 1.